The van der Waals surface area contributed by atoms with Gasteiger partial charge in [-0.2, -0.15) is 8.42 Å². The molecule has 3 aromatic heterocycles. The summed E-state index contributed by atoms with van der Waals surface area (Å²) in [5.74, 6) is 2.78. The van der Waals surface area contributed by atoms with Gasteiger partial charge in [-0.1, -0.05) is 29.2 Å². The molecule has 0 saturated carbocycles. The molecule has 1 fully saturated rings. The van der Waals surface area contributed by atoms with Crippen molar-refractivity contribution < 1.29 is 26.0 Å². The second kappa shape index (κ2) is 11.1. The molecule has 2 aromatic carbocycles. The molecule has 1 saturated heterocycles. The van der Waals surface area contributed by atoms with Crippen molar-refractivity contribution in [1.82, 2.24) is 14.5 Å². The Labute approximate surface area is 241 Å². The average molecular weight is 590 g/mol. The van der Waals surface area contributed by atoms with E-state index in [1.165, 1.54) is 12.3 Å². The summed E-state index contributed by atoms with van der Waals surface area (Å²) in [6.07, 6.45) is 11.4. The van der Waals surface area contributed by atoms with Crippen molar-refractivity contribution in [3.8, 4) is 35.0 Å². The number of hydrogen-bond donors (Lipinski definition) is 1. The molecule has 0 amide bonds. The van der Waals surface area contributed by atoms with E-state index in [1.807, 2.05) is 31.2 Å². The maximum atomic E-state index is 14.2. The number of fused-ring (bicyclic) bond motifs is 4. The lowest BCUT2D eigenvalue weighted by Gasteiger charge is -2.28. The van der Waals surface area contributed by atoms with Crippen LogP contribution < -0.4 is 14.3 Å². The average Bonchev–Trinajstić information content (AvgIpc) is 3.35. The summed E-state index contributed by atoms with van der Waals surface area (Å²) in [5.41, 5.74) is 3.62. The Morgan fingerprint density at radius 3 is 2.71 bits per heavy atom. The van der Waals surface area contributed by atoms with E-state index in [2.05, 4.69) is 24.6 Å². The van der Waals surface area contributed by atoms with Crippen molar-refractivity contribution in [2.24, 2.45) is 0 Å². The van der Waals surface area contributed by atoms with Gasteiger partial charge in [0.1, 0.15) is 11.4 Å². The number of hydrogen-bond acceptors (Lipinski definition) is 7. The minimum atomic E-state index is -5.25. The molecule has 1 N–H and O–H groups in total. The van der Waals surface area contributed by atoms with E-state index >= 15 is 0 Å². The Bertz CT molecular complexity index is 2040. The van der Waals surface area contributed by atoms with Gasteiger partial charge >= 0.3 is 10.5 Å². The van der Waals surface area contributed by atoms with Gasteiger partial charge in [0.25, 0.3) is 0 Å². The monoisotopic (exact) mass is 589 g/mol. The van der Waals surface area contributed by atoms with Crippen molar-refractivity contribution in [1.29, 1.82) is 0 Å². The van der Waals surface area contributed by atoms with Crippen LogP contribution in [0.4, 0.5) is 3.89 Å². The molecule has 0 spiro atoms. The maximum Gasteiger partial charge on any atom is 0.488 e. The summed E-state index contributed by atoms with van der Waals surface area (Å²) in [4.78, 5) is 21.7. The molecule has 4 heterocycles. The van der Waals surface area contributed by atoms with E-state index in [9.17, 15) is 17.1 Å². The molecule has 6 rings (SSSR count). The largest absolute Gasteiger partial charge is 0.493 e. The van der Waals surface area contributed by atoms with Crippen LogP contribution in [0, 0.1) is 12.3 Å². The summed E-state index contributed by atoms with van der Waals surface area (Å²) in [5, 5.41) is 1.80. The highest BCUT2D eigenvalue weighted by Crippen LogP contribution is 2.39. The van der Waals surface area contributed by atoms with Crippen LogP contribution in [0.25, 0.3) is 44.0 Å². The van der Waals surface area contributed by atoms with Crippen molar-refractivity contribution in [2.75, 3.05) is 19.8 Å². The lowest BCUT2D eigenvalue weighted by atomic mass is 10.00. The lowest BCUT2D eigenvalue weighted by Crippen LogP contribution is -2.22. The van der Waals surface area contributed by atoms with Crippen LogP contribution in [-0.2, 0) is 15.2 Å². The van der Waals surface area contributed by atoms with Gasteiger partial charge in [-0.3, -0.25) is 9.78 Å². The van der Waals surface area contributed by atoms with Gasteiger partial charge in [0, 0.05) is 53.0 Å². The van der Waals surface area contributed by atoms with Crippen LogP contribution in [0.2, 0.25) is 0 Å². The van der Waals surface area contributed by atoms with Crippen molar-refractivity contribution >= 4 is 43.3 Å². The van der Waals surface area contributed by atoms with Gasteiger partial charge in [0.05, 0.1) is 29.1 Å². The molecule has 42 heavy (non-hydrogen) atoms. The number of rotatable bonds is 8. The fourth-order valence-corrected chi connectivity index (χ4v) is 5.93. The first-order chi connectivity index (χ1) is 20.3. The van der Waals surface area contributed by atoms with Gasteiger partial charge < -0.3 is 23.2 Å². The number of aromatic nitrogens is 3. The SMILES string of the molecule is C#Cc1ccc2c(c1)[nH]c1c2c(=O)c2cc(OCCCC)c(-c3cncc(OS(=O)(=O)F)c3)cc2n1C1CCOCC1. The Balaban J connectivity index is 1.68. The number of unbranched alkanes of at least 4 members (excludes halogenated alkanes) is 1. The number of nitrogens with zero attached hydrogens (tertiary/aromatic N) is 2. The highest BCUT2D eigenvalue weighted by Gasteiger charge is 2.25. The molecule has 216 valence electrons. The summed E-state index contributed by atoms with van der Waals surface area (Å²) in [6.45, 7) is 3.59. The van der Waals surface area contributed by atoms with E-state index in [0.717, 1.165) is 42.8 Å². The van der Waals surface area contributed by atoms with Crippen LogP contribution >= 0.6 is 0 Å². The minimum absolute atomic E-state index is 0.0219. The standard InChI is InChI=1S/C31H28FN3O6S/c1-3-5-10-40-28-16-25-27(15-24(28)20-14-22(18-33-17-20)41-42(32,37)38)35(21-8-11-39-12-9-21)31-29(30(25)36)23-7-6-19(4-2)13-26(23)34-31/h2,6-7,13-18,21,34H,3,5,8-12H2,1H3. The zero-order valence-corrected chi connectivity index (χ0v) is 23.7. The Morgan fingerprint density at radius 2 is 1.98 bits per heavy atom. The third-order valence-corrected chi connectivity index (χ3v) is 7.94. The number of benzene rings is 2. The first-order valence-corrected chi connectivity index (χ1v) is 15.0. The highest BCUT2D eigenvalue weighted by molar-refractivity contribution is 7.81. The number of nitrogens with one attached hydrogen (secondary N) is 1. The number of H-pyrrole nitrogens is 1. The van der Waals surface area contributed by atoms with E-state index in [-0.39, 0.29) is 17.2 Å². The summed E-state index contributed by atoms with van der Waals surface area (Å²) >= 11 is 0. The fourth-order valence-electron chi connectivity index (χ4n) is 5.61. The van der Waals surface area contributed by atoms with Gasteiger partial charge in [-0.05, 0) is 49.6 Å². The van der Waals surface area contributed by atoms with E-state index in [0.29, 0.717) is 64.2 Å². The molecule has 1 aliphatic rings. The number of terminal acetylenes is 1. The fraction of sp³-hybridized carbons (Fsp3) is 0.290. The quantitative estimate of drug-likeness (QED) is 0.138. The third-order valence-electron chi connectivity index (χ3n) is 7.55. The van der Waals surface area contributed by atoms with Gasteiger partial charge in [-0.15, -0.1) is 6.42 Å². The normalized spacial score (nSPS) is 14.4. The maximum absolute atomic E-state index is 14.2. The summed E-state index contributed by atoms with van der Waals surface area (Å²) < 4.78 is 54.1. The Hall–Kier alpha value is -4.40. The molecular weight excluding hydrogens is 561 g/mol. The van der Waals surface area contributed by atoms with E-state index < -0.39 is 10.5 Å². The van der Waals surface area contributed by atoms with Crippen LogP contribution in [0.15, 0.2) is 53.6 Å². The molecule has 9 nitrogen and oxygen atoms in total. The second-order valence-corrected chi connectivity index (χ2v) is 11.2. The van der Waals surface area contributed by atoms with Gasteiger partial charge in [0.2, 0.25) is 0 Å². The molecule has 0 radical (unpaired) electrons. The molecule has 0 bridgehead atoms. The molecule has 5 aromatic rings. The third kappa shape index (κ3) is 5.19. The molecule has 1 aliphatic heterocycles. The number of aromatic amines is 1. The van der Waals surface area contributed by atoms with Crippen LogP contribution in [-0.4, -0.2) is 42.8 Å². The van der Waals surface area contributed by atoms with Crippen molar-refractivity contribution in [2.45, 2.75) is 38.6 Å². The molecular formula is C31H28FN3O6S. The molecule has 0 aliphatic carbocycles. The van der Waals surface area contributed by atoms with Crippen LogP contribution in [0.3, 0.4) is 0 Å². The van der Waals surface area contributed by atoms with Crippen molar-refractivity contribution in [3.05, 3.63) is 64.6 Å². The van der Waals surface area contributed by atoms with Crippen LogP contribution in [0.1, 0.15) is 44.2 Å². The minimum Gasteiger partial charge on any atom is -0.493 e. The van der Waals surface area contributed by atoms with E-state index in [4.69, 9.17) is 15.9 Å². The lowest BCUT2D eigenvalue weighted by molar-refractivity contribution is 0.0715. The number of halogens is 1. The van der Waals surface area contributed by atoms with E-state index in [1.54, 1.807) is 6.07 Å². The zero-order valence-electron chi connectivity index (χ0n) is 22.9. The predicted octanol–water partition coefficient (Wildman–Crippen LogP) is 5.80. The molecule has 0 unspecified atom stereocenters. The summed E-state index contributed by atoms with van der Waals surface area (Å²) in [7, 11) is -5.25. The topological polar surface area (TPSA) is 113 Å². The highest BCUT2D eigenvalue weighted by atomic mass is 32.3. The predicted molar refractivity (Wildman–Crippen MR) is 159 cm³/mol. The first kappa shape index (κ1) is 27.8. The second-order valence-electron chi connectivity index (χ2n) is 10.2. The molecule has 11 heteroatoms. The first-order valence-electron chi connectivity index (χ1n) is 13.7. The molecule has 0 atom stereocenters. The Kier molecular flexibility index (Phi) is 7.35. The zero-order chi connectivity index (χ0) is 29.4. The summed E-state index contributed by atoms with van der Waals surface area (Å²) in [6, 6.07) is 10.5. The number of pyridine rings is 2. The van der Waals surface area contributed by atoms with Crippen molar-refractivity contribution in [3.63, 3.8) is 0 Å². The van der Waals surface area contributed by atoms with Gasteiger partial charge in [-0.25, -0.2) is 0 Å². The Morgan fingerprint density at radius 1 is 1.17 bits per heavy atom. The smallest absolute Gasteiger partial charge is 0.488 e. The number of ether oxygens (including phenoxy) is 2. The van der Waals surface area contributed by atoms with Gasteiger partial charge in [0.15, 0.2) is 11.2 Å². The van der Waals surface area contributed by atoms with Crippen LogP contribution in [0.5, 0.6) is 11.5 Å².